The largest absolute Gasteiger partial charge is 0.502 e. The standard InChI is InChI=1S/C21H19FO7/c1-2-27-19(25)10-15(21-20(26)16(24)9-14(11-23)28-21)18-8-7-17(29-18)12-3-5-13(22)6-4-12/h3-9,15,23,26H,2,10-11H2,1H3. The highest BCUT2D eigenvalue weighted by Gasteiger charge is 2.29. The molecule has 7 nitrogen and oxygen atoms in total. The fourth-order valence-corrected chi connectivity index (χ4v) is 2.89. The van der Waals surface area contributed by atoms with Gasteiger partial charge in [0.2, 0.25) is 11.2 Å². The SMILES string of the molecule is CCOC(=O)CC(c1ccc(-c2ccc(F)cc2)o1)c1oc(CO)cc(=O)c1O. The second kappa shape index (κ2) is 8.74. The number of carbonyl (C=O) groups excluding carboxylic acids is 1. The molecule has 152 valence electrons. The Labute approximate surface area is 165 Å². The highest BCUT2D eigenvalue weighted by molar-refractivity contribution is 5.71. The van der Waals surface area contributed by atoms with Gasteiger partial charge < -0.3 is 23.8 Å². The van der Waals surface area contributed by atoms with Crippen molar-refractivity contribution in [3.8, 4) is 17.1 Å². The molecular formula is C21H19FO7. The zero-order chi connectivity index (χ0) is 21.0. The zero-order valence-electron chi connectivity index (χ0n) is 15.6. The Morgan fingerprint density at radius 3 is 2.55 bits per heavy atom. The smallest absolute Gasteiger partial charge is 0.306 e. The lowest BCUT2D eigenvalue weighted by Gasteiger charge is -2.15. The van der Waals surface area contributed by atoms with Gasteiger partial charge in [-0.05, 0) is 43.3 Å². The summed E-state index contributed by atoms with van der Waals surface area (Å²) in [7, 11) is 0. The third kappa shape index (κ3) is 4.55. The van der Waals surface area contributed by atoms with Gasteiger partial charge in [0.25, 0.3) is 0 Å². The number of carbonyl (C=O) groups is 1. The monoisotopic (exact) mass is 402 g/mol. The van der Waals surface area contributed by atoms with Crippen molar-refractivity contribution in [2.45, 2.75) is 25.9 Å². The van der Waals surface area contributed by atoms with Gasteiger partial charge in [0.05, 0.1) is 18.9 Å². The number of benzene rings is 1. The Kier molecular flexibility index (Phi) is 6.13. The average Bonchev–Trinajstić information content (AvgIpc) is 3.19. The summed E-state index contributed by atoms with van der Waals surface area (Å²) in [5.41, 5.74) is -0.156. The van der Waals surface area contributed by atoms with E-state index in [4.69, 9.17) is 13.6 Å². The normalized spacial score (nSPS) is 12.0. The molecule has 29 heavy (non-hydrogen) atoms. The molecule has 0 bridgehead atoms. The first-order valence-corrected chi connectivity index (χ1v) is 8.91. The van der Waals surface area contributed by atoms with Gasteiger partial charge in [-0.2, -0.15) is 0 Å². The second-order valence-corrected chi connectivity index (χ2v) is 6.22. The molecule has 0 aliphatic heterocycles. The maximum atomic E-state index is 13.2. The number of furan rings is 1. The van der Waals surface area contributed by atoms with Gasteiger partial charge in [0.1, 0.15) is 29.7 Å². The van der Waals surface area contributed by atoms with Crippen LogP contribution in [0.25, 0.3) is 11.3 Å². The van der Waals surface area contributed by atoms with E-state index in [1.807, 2.05) is 0 Å². The van der Waals surface area contributed by atoms with Crippen LogP contribution >= 0.6 is 0 Å². The Balaban J connectivity index is 2.05. The van der Waals surface area contributed by atoms with Crippen molar-refractivity contribution in [2.75, 3.05) is 6.61 Å². The summed E-state index contributed by atoms with van der Waals surface area (Å²) in [6.07, 6.45) is -0.268. The van der Waals surface area contributed by atoms with Crippen LogP contribution in [0.2, 0.25) is 0 Å². The number of hydrogen-bond donors (Lipinski definition) is 2. The van der Waals surface area contributed by atoms with Gasteiger partial charge in [-0.15, -0.1) is 0 Å². The van der Waals surface area contributed by atoms with E-state index in [1.165, 1.54) is 24.3 Å². The lowest BCUT2D eigenvalue weighted by atomic mass is 9.98. The molecule has 3 aromatic rings. The maximum Gasteiger partial charge on any atom is 0.306 e. The topological polar surface area (TPSA) is 110 Å². The van der Waals surface area contributed by atoms with Crippen LogP contribution in [0.15, 0.2) is 56.1 Å². The van der Waals surface area contributed by atoms with E-state index in [9.17, 15) is 24.2 Å². The van der Waals surface area contributed by atoms with Gasteiger partial charge in [-0.25, -0.2) is 4.39 Å². The van der Waals surface area contributed by atoms with E-state index in [0.29, 0.717) is 11.3 Å². The highest BCUT2D eigenvalue weighted by atomic mass is 19.1. The quantitative estimate of drug-likeness (QED) is 0.583. The van der Waals surface area contributed by atoms with Crippen molar-refractivity contribution in [1.29, 1.82) is 0 Å². The third-order valence-corrected chi connectivity index (χ3v) is 4.25. The predicted molar refractivity (Wildman–Crippen MR) is 99.8 cm³/mol. The van der Waals surface area contributed by atoms with Gasteiger partial charge >= 0.3 is 5.97 Å². The first-order chi connectivity index (χ1) is 13.9. The van der Waals surface area contributed by atoms with Crippen LogP contribution in [0.3, 0.4) is 0 Å². The molecule has 0 aliphatic rings. The Morgan fingerprint density at radius 1 is 1.17 bits per heavy atom. The zero-order valence-corrected chi connectivity index (χ0v) is 15.6. The van der Waals surface area contributed by atoms with Crippen LogP contribution < -0.4 is 5.43 Å². The van der Waals surface area contributed by atoms with Gasteiger partial charge in [0, 0.05) is 11.6 Å². The second-order valence-electron chi connectivity index (χ2n) is 6.22. The van der Waals surface area contributed by atoms with E-state index in [-0.39, 0.29) is 30.3 Å². The summed E-state index contributed by atoms with van der Waals surface area (Å²) in [4.78, 5) is 24.1. The maximum absolute atomic E-state index is 13.2. The molecular weight excluding hydrogens is 383 g/mol. The van der Waals surface area contributed by atoms with E-state index in [2.05, 4.69) is 0 Å². The molecule has 0 saturated carbocycles. The molecule has 0 saturated heterocycles. The average molecular weight is 402 g/mol. The molecule has 0 spiro atoms. The first kappa shape index (κ1) is 20.3. The molecule has 1 unspecified atom stereocenters. The minimum atomic E-state index is -0.970. The summed E-state index contributed by atoms with van der Waals surface area (Å²) in [5, 5.41) is 19.5. The molecule has 1 atom stereocenters. The van der Waals surface area contributed by atoms with Gasteiger partial charge in [-0.1, -0.05) is 0 Å². The van der Waals surface area contributed by atoms with Crippen LogP contribution in [0.1, 0.15) is 36.5 Å². The Bertz CT molecular complexity index is 1050. The van der Waals surface area contributed by atoms with Crippen molar-refractivity contribution in [1.82, 2.24) is 0 Å². The molecule has 0 aliphatic carbocycles. The Hall–Kier alpha value is -3.39. The number of hydrogen-bond acceptors (Lipinski definition) is 7. The van der Waals surface area contributed by atoms with Crippen molar-refractivity contribution in [2.24, 2.45) is 0 Å². The number of esters is 1. The van der Waals surface area contributed by atoms with E-state index in [0.717, 1.165) is 6.07 Å². The highest BCUT2D eigenvalue weighted by Crippen LogP contribution is 2.36. The molecule has 1 aromatic carbocycles. The van der Waals surface area contributed by atoms with Gasteiger partial charge in [0.15, 0.2) is 5.76 Å². The fraction of sp³-hybridized carbons (Fsp3) is 0.238. The van der Waals surface area contributed by atoms with E-state index in [1.54, 1.807) is 19.1 Å². The molecule has 2 aromatic heterocycles. The molecule has 0 radical (unpaired) electrons. The molecule has 0 fully saturated rings. The summed E-state index contributed by atoms with van der Waals surface area (Å²) >= 11 is 0. The van der Waals surface area contributed by atoms with Crippen molar-refractivity contribution in [3.05, 3.63) is 75.8 Å². The fourth-order valence-electron chi connectivity index (χ4n) is 2.89. The number of aliphatic hydroxyl groups is 1. The summed E-state index contributed by atoms with van der Waals surface area (Å²) < 4.78 is 29.4. The van der Waals surface area contributed by atoms with Crippen LogP contribution in [0.5, 0.6) is 5.75 Å². The molecule has 3 rings (SSSR count). The lowest BCUT2D eigenvalue weighted by molar-refractivity contribution is -0.143. The first-order valence-electron chi connectivity index (χ1n) is 8.91. The Morgan fingerprint density at radius 2 is 1.90 bits per heavy atom. The minimum Gasteiger partial charge on any atom is -0.502 e. The number of ether oxygens (including phenoxy) is 1. The molecule has 8 heteroatoms. The van der Waals surface area contributed by atoms with Crippen molar-refractivity contribution in [3.63, 3.8) is 0 Å². The van der Waals surface area contributed by atoms with Crippen LogP contribution in [-0.4, -0.2) is 22.8 Å². The number of halogens is 1. The predicted octanol–water partition coefficient (Wildman–Crippen LogP) is 3.32. The summed E-state index contributed by atoms with van der Waals surface area (Å²) in [6, 6.07) is 9.77. The van der Waals surface area contributed by atoms with E-state index < -0.39 is 35.5 Å². The van der Waals surface area contributed by atoms with Crippen LogP contribution in [0, 0.1) is 5.82 Å². The molecule has 2 N–H and O–H groups in total. The van der Waals surface area contributed by atoms with Crippen molar-refractivity contribution < 1.29 is 33.0 Å². The molecule has 2 heterocycles. The minimum absolute atomic E-state index is 0.0676. The third-order valence-electron chi connectivity index (χ3n) is 4.25. The number of rotatable bonds is 7. The van der Waals surface area contributed by atoms with Gasteiger partial charge in [-0.3, -0.25) is 9.59 Å². The van der Waals surface area contributed by atoms with Crippen LogP contribution in [0.4, 0.5) is 4.39 Å². The van der Waals surface area contributed by atoms with E-state index >= 15 is 0 Å². The van der Waals surface area contributed by atoms with Crippen LogP contribution in [-0.2, 0) is 16.1 Å². The summed E-state index contributed by atoms with van der Waals surface area (Å²) in [5.74, 6) is -2.29. The lowest BCUT2D eigenvalue weighted by Crippen LogP contribution is -2.14. The molecule has 0 amide bonds. The number of aliphatic hydroxyl groups excluding tert-OH is 1. The summed E-state index contributed by atoms with van der Waals surface area (Å²) in [6.45, 7) is 1.24. The van der Waals surface area contributed by atoms with Crippen molar-refractivity contribution >= 4 is 5.97 Å². The number of aromatic hydroxyl groups is 1.